The van der Waals surface area contributed by atoms with E-state index < -0.39 is 5.41 Å². The van der Waals surface area contributed by atoms with Gasteiger partial charge in [0.25, 0.3) is 0 Å². The van der Waals surface area contributed by atoms with Gasteiger partial charge in [-0.25, -0.2) is 9.37 Å². The molecular formula is C25H25FN6O. The summed E-state index contributed by atoms with van der Waals surface area (Å²) in [5.74, 6) is 0.0313. The number of pyridine rings is 1. The smallest absolute Gasteiger partial charge is 0.187 e. The lowest BCUT2D eigenvalue weighted by atomic mass is 9.77. The van der Waals surface area contributed by atoms with E-state index in [4.69, 9.17) is 9.51 Å². The summed E-state index contributed by atoms with van der Waals surface area (Å²) in [6.45, 7) is 3.39. The molecule has 4 heterocycles. The van der Waals surface area contributed by atoms with Crippen molar-refractivity contribution in [2.24, 2.45) is 0 Å². The molecule has 1 fully saturated rings. The van der Waals surface area contributed by atoms with Gasteiger partial charge in [0.2, 0.25) is 0 Å². The van der Waals surface area contributed by atoms with Gasteiger partial charge in [0.05, 0.1) is 29.3 Å². The summed E-state index contributed by atoms with van der Waals surface area (Å²) in [5, 5.41) is 17.2. The van der Waals surface area contributed by atoms with Crippen molar-refractivity contribution in [3.05, 3.63) is 72.1 Å². The summed E-state index contributed by atoms with van der Waals surface area (Å²) < 4.78 is 19.7. The van der Waals surface area contributed by atoms with Crippen molar-refractivity contribution in [1.82, 2.24) is 25.4 Å². The van der Waals surface area contributed by atoms with Gasteiger partial charge in [0.1, 0.15) is 22.6 Å². The van der Waals surface area contributed by atoms with E-state index in [9.17, 15) is 9.65 Å². The number of nitrogens with zero attached hydrogens (tertiary/aromatic N) is 5. The number of piperidine rings is 1. The predicted molar refractivity (Wildman–Crippen MR) is 125 cm³/mol. The van der Waals surface area contributed by atoms with E-state index in [1.54, 1.807) is 36.7 Å². The molecule has 1 N–H and O–H groups in total. The van der Waals surface area contributed by atoms with Crippen LogP contribution in [0.1, 0.15) is 27.1 Å². The maximum Gasteiger partial charge on any atom is 0.187 e. The van der Waals surface area contributed by atoms with E-state index >= 15 is 0 Å². The lowest BCUT2D eigenvalue weighted by Crippen LogP contribution is -2.39. The van der Waals surface area contributed by atoms with Gasteiger partial charge in [-0.15, -0.1) is 0 Å². The van der Waals surface area contributed by atoms with Crippen LogP contribution in [-0.4, -0.2) is 33.2 Å². The molecule has 0 aliphatic carbocycles. The molecule has 1 aliphatic heterocycles. The van der Waals surface area contributed by atoms with Gasteiger partial charge in [-0.05, 0) is 57.1 Å². The van der Waals surface area contributed by atoms with Crippen LogP contribution in [0.3, 0.4) is 0 Å². The van der Waals surface area contributed by atoms with Gasteiger partial charge in [-0.3, -0.25) is 9.97 Å². The molecule has 168 valence electrons. The summed E-state index contributed by atoms with van der Waals surface area (Å²) in [5.41, 5.74) is 3.52. The molecule has 33 heavy (non-hydrogen) atoms. The highest BCUT2D eigenvalue weighted by Gasteiger charge is 2.35. The van der Waals surface area contributed by atoms with Crippen LogP contribution in [0.25, 0.3) is 34.0 Å². The summed E-state index contributed by atoms with van der Waals surface area (Å²) in [7, 11) is 0. The van der Waals surface area contributed by atoms with Crippen molar-refractivity contribution in [2.75, 3.05) is 13.1 Å². The molecule has 0 spiro atoms. The number of hydrogen-bond acceptors (Lipinski definition) is 7. The molecule has 1 aromatic carbocycles. The number of halogens is 1. The van der Waals surface area contributed by atoms with E-state index in [-0.39, 0.29) is 8.67 Å². The molecular weight excluding hydrogens is 419 g/mol. The number of benzene rings is 1. The Bertz CT molecular complexity index is 1360. The molecule has 0 radical (unpaired) electrons. The fourth-order valence-electron chi connectivity index (χ4n) is 4.13. The fraction of sp³-hybridized carbons (Fsp3) is 0.240. The maximum absolute atomic E-state index is 14.2. The third-order valence-electron chi connectivity index (χ3n) is 6.07. The molecule has 0 unspecified atom stereocenters. The van der Waals surface area contributed by atoms with Crippen LogP contribution >= 0.6 is 0 Å². The standard InChI is InChI=1S/C25H21FN6O.2H2/c1-16-24(22-13-20(32-33-22)18-4-2-3-5-19(18)26)31-21(14-30-16)17-6-9-29-23(12-17)25(15-27)7-10-28-11-8-25;;/h2-6,9,12-14,28H,7-8,10-11H2,1H3;2*1H. The molecule has 0 bridgehead atoms. The van der Waals surface area contributed by atoms with Gasteiger partial charge >= 0.3 is 0 Å². The first-order valence-electron chi connectivity index (χ1n) is 10.7. The predicted octanol–water partition coefficient (Wildman–Crippen LogP) is 4.94. The van der Waals surface area contributed by atoms with Crippen LogP contribution < -0.4 is 5.32 Å². The third-order valence-corrected chi connectivity index (χ3v) is 6.07. The van der Waals surface area contributed by atoms with Gasteiger partial charge in [0, 0.05) is 26.2 Å². The second kappa shape index (κ2) is 8.52. The summed E-state index contributed by atoms with van der Waals surface area (Å²) in [6, 6.07) is 14.3. The molecule has 7 nitrogen and oxygen atoms in total. The van der Waals surface area contributed by atoms with E-state index in [1.807, 2.05) is 19.1 Å². The molecule has 3 aromatic heterocycles. The maximum atomic E-state index is 14.2. The quantitative estimate of drug-likeness (QED) is 0.475. The summed E-state index contributed by atoms with van der Waals surface area (Å²) in [4.78, 5) is 13.8. The molecule has 5 rings (SSSR count). The minimum Gasteiger partial charge on any atom is -0.354 e. The van der Waals surface area contributed by atoms with E-state index in [1.165, 1.54) is 6.07 Å². The first-order valence-corrected chi connectivity index (χ1v) is 10.7. The van der Waals surface area contributed by atoms with E-state index in [2.05, 4.69) is 26.5 Å². The van der Waals surface area contributed by atoms with Gasteiger partial charge in [-0.1, -0.05) is 17.3 Å². The van der Waals surface area contributed by atoms with E-state index in [0.717, 1.165) is 24.3 Å². The van der Waals surface area contributed by atoms with Gasteiger partial charge < -0.3 is 9.84 Å². The number of nitriles is 1. The highest BCUT2D eigenvalue weighted by molar-refractivity contribution is 5.68. The first-order chi connectivity index (χ1) is 16.1. The Kier molecular flexibility index (Phi) is 5.40. The molecule has 0 saturated carbocycles. The zero-order valence-corrected chi connectivity index (χ0v) is 18.0. The number of aryl methyl sites for hydroxylation is 1. The lowest BCUT2D eigenvalue weighted by molar-refractivity contribution is 0.375. The number of nitrogens with one attached hydrogen (secondary N) is 1. The Hall–Kier alpha value is -3.96. The van der Waals surface area contributed by atoms with Crippen LogP contribution in [0, 0.1) is 24.1 Å². The molecule has 4 aromatic rings. The second-order valence-electron chi connectivity index (χ2n) is 8.12. The van der Waals surface area contributed by atoms with Crippen LogP contribution in [0.5, 0.6) is 0 Å². The molecule has 0 amide bonds. The minimum atomic E-state index is -0.609. The Morgan fingerprint density at radius 2 is 1.94 bits per heavy atom. The zero-order chi connectivity index (χ0) is 22.8. The first kappa shape index (κ1) is 20.9. The van der Waals surface area contributed by atoms with Crippen molar-refractivity contribution in [3.63, 3.8) is 0 Å². The molecule has 8 heteroatoms. The third kappa shape index (κ3) is 3.88. The second-order valence-corrected chi connectivity index (χ2v) is 8.12. The molecule has 0 atom stereocenters. The van der Waals surface area contributed by atoms with Crippen LogP contribution in [-0.2, 0) is 5.41 Å². The Balaban J connectivity index is 0.00000171. The van der Waals surface area contributed by atoms with Crippen molar-refractivity contribution in [1.29, 1.82) is 5.26 Å². The van der Waals surface area contributed by atoms with Crippen molar-refractivity contribution >= 4 is 0 Å². The minimum absolute atomic E-state index is 0. The van der Waals surface area contributed by atoms with Crippen LogP contribution in [0.2, 0.25) is 0 Å². The summed E-state index contributed by atoms with van der Waals surface area (Å²) >= 11 is 0. The summed E-state index contributed by atoms with van der Waals surface area (Å²) in [6.07, 6.45) is 4.81. The number of rotatable bonds is 4. The normalized spacial score (nSPS) is 15.2. The van der Waals surface area contributed by atoms with Gasteiger partial charge in [0.15, 0.2) is 5.76 Å². The highest BCUT2D eigenvalue weighted by atomic mass is 19.1. The largest absolute Gasteiger partial charge is 0.354 e. The highest BCUT2D eigenvalue weighted by Crippen LogP contribution is 2.34. The number of aromatic nitrogens is 4. The lowest BCUT2D eigenvalue weighted by Gasteiger charge is -2.30. The van der Waals surface area contributed by atoms with Crippen LogP contribution in [0.4, 0.5) is 4.39 Å². The fourth-order valence-corrected chi connectivity index (χ4v) is 4.13. The van der Waals surface area contributed by atoms with E-state index in [0.29, 0.717) is 46.9 Å². The van der Waals surface area contributed by atoms with Crippen LogP contribution in [0.15, 0.2) is 59.4 Å². The Labute approximate surface area is 193 Å². The van der Waals surface area contributed by atoms with Gasteiger partial charge in [-0.2, -0.15) is 5.26 Å². The topological polar surface area (TPSA) is 101 Å². The van der Waals surface area contributed by atoms with Crippen molar-refractivity contribution in [3.8, 4) is 40.0 Å². The Morgan fingerprint density at radius 1 is 1.12 bits per heavy atom. The molecule has 1 aliphatic rings. The average Bonchev–Trinajstić information content (AvgIpc) is 3.35. The SMILES string of the molecule is Cc1ncc(-c2ccnc(C3(C#N)CCNCC3)c2)nc1-c1cc(-c2ccccc2F)no1.[HH].[HH]. The monoisotopic (exact) mass is 444 g/mol. The molecule has 1 saturated heterocycles. The number of hydrogen-bond donors (Lipinski definition) is 1. The van der Waals surface area contributed by atoms with Crippen molar-refractivity contribution < 1.29 is 11.8 Å². The zero-order valence-electron chi connectivity index (χ0n) is 18.0. The van der Waals surface area contributed by atoms with Crippen molar-refractivity contribution in [2.45, 2.75) is 25.2 Å². The Morgan fingerprint density at radius 3 is 2.73 bits per heavy atom. The average molecular weight is 445 g/mol.